The molecule has 3 nitrogen and oxygen atoms in total. The zero-order valence-corrected chi connectivity index (χ0v) is 10.4. The van der Waals surface area contributed by atoms with Gasteiger partial charge in [-0.3, -0.25) is 9.59 Å². The quantitative estimate of drug-likeness (QED) is 0.704. The summed E-state index contributed by atoms with van der Waals surface area (Å²) in [6.07, 6.45) is 3.65. The lowest BCUT2D eigenvalue weighted by Crippen LogP contribution is -2.47. The SMILES string of the molecule is O=C1CCN(C2CCc3ccccc3C2)C(=O)C1. The first-order chi connectivity index (χ1) is 8.74. The molecule has 0 radical (unpaired) electrons. The van der Waals surface area contributed by atoms with Gasteiger partial charge in [-0.1, -0.05) is 24.3 Å². The summed E-state index contributed by atoms with van der Waals surface area (Å²) >= 11 is 0. The van der Waals surface area contributed by atoms with Crippen LogP contribution in [-0.4, -0.2) is 29.2 Å². The molecule has 1 heterocycles. The average Bonchev–Trinajstić information content (AvgIpc) is 2.38. The fourth-order valence-corrected chi connectivity index (χ4v) is 3.06. The van der Waals surface area contributed by atoms with Gasteiger partial charge in [-0.15, -0.1) is 0 Å². The second-order valence-corrected chi connectivity index (χ2v) is 5.22. The Morgan fingerprint density at radius 1 is 1.06 bits per heavy atom. The number of ketones is 1. The van der Waals surface area contributed by atoms with Crippen LogP contribution in [0.4, 0.5) is 0 Å². The van der Waals surface area contributed by atoms with Gasteiger partial charge < -0.3 is 4.90 Å². The second kappa shape index (κ2) is 4.56. The summed E-state index contributed by atoms with van der Waals surface area (Å²) in [5.41, 5.74) is 2.77. The molecule has 18 heavy (non-hydrogen) atoms. The number of piperidine rings is 1. The van der Waals surface area contributed by atoms with Crippen LogP contribution in [-0.2, 0) is 22.4 Å². The number of Topliss-reactive ketones (excluding diaryl/α,β-unsaturated/α-hetero) is 1. The first-order valence-electron chi connectivity index (χ1n) is 6.62. The summed E-state index contributed by atoms with van der Waals surface area (Å²) in [5.74, 6) is 0.114. The zero-order chi connectivity index (χ0) is 12.5. The van der Waals surface area contributed by atoms with Crippen molar-refractivity contribution in [3.8, 4) is 0 Å². The molecule has 0 N–H and O–H groups in total. The van der Waals surface area contributed by atoms with Crippen LogP contribution in [0.15, 0.2) is 24.3 Å². The van der Waals surface area contributed by atoms with Gasteiger partial charge in [-0.2, -0.15) is 0 Å². The summed E-state index contributed by atoms with van der Waals surface area (Å²) in [5, 5.41) is 0. The minimum atomic E-state index is 0.0237. The number of carbonyl (C=O) groups is 2. The molecule has 0 aromatic heterocycles. The Morgan fingerprint density at radius 2 is 1.83 bits per heavy atom. The number of likely N-dealkylation sites (tertiary alicyclic amines) is 1. The third-order valence-electron chi connectivity index (χ3n) is 4.06. The Bertz CT molecular complexity index is 495. The van der Waals surface area contributed by atoms with Gasteiger partial charge in [0.25, 0.3) is 0 Å². The fraction of sp³-hybridized carbons (Fsp3) is 0.467. The number of hydrogen-bond acceptors (Lipinski definition) is 2. The van der Waals surface area contributed by atoms with Gasteiger partial charge in [-0.25, -0.2) is 0 Å². The van der Waals surface area contributed by atoms with Crippen LogP contribution in [0.25, 0.3) is 0 Å². The van der Waals surface area contributed by atoms with E-state index in [9.17, 15) is 9.59 Å². The fourth-order valence-electron chi connectivity index (χ4n) is 3.06. The molecule has 3 rings (SSSR count). The highest BCUT2D eigenvalue weighted by molar-refractivity contribution is 6.00. The summed E-state index contributed by atoms with van der Waals surface area (Å²) in [7, 11) is 0. The molecule has 1 unspecified atom stereocenters. The van der Waals surface area contributed by atoms with Crippen LogP contribution in [0.3, 0.4) is 0 Å². The molecular formula is C15H17NO2. The number of fused-ring (bicyclic) bond motifs is 1. The van der Waals surface area contributed by atoms with Gasteiger partial charge >= 0.3 is 0 Å². The maximum Gasteiger partial charge on any atom is 0.230 e. The average molecular weight is 243 g/mol. The Balaban J connectivity index is 1.76. The molecule has 1 aliphatic carbocycles. The number of nitrogens with zero attached hydrogens (tertiary/aromatic N) is 1. The Kier molecular flexibility index (Phi) is 2.90. The van der Waals surface area contributed by atoms with E-state index in [1.54, 1.807) is 0 Å². The summed E-state index contributed by atoms with van der Waals surface area (Å²) in [6.45, 7) is 0.616. The minimum Gasteiger partial charge on any atom is -0.339 e. The van der Waals surface area contributed by atoms with Gasteiger partial charge in [0.1, 0.15) is 5.78 Å². The van der Waals surface area contributed by atoms with Crippen molar-refractivity contribution in [3.05, 3.63) is 35.4 Å². The van der Waals surface area contributed by atoms with Crippen molar-refractivity contribution in [2.24, 2.45) is 0 Å². The van der Waals surface area contributed by atoms with Crippen LogP contribution >= 0.6 is 0 Å². The molecule has 0 spiro atoms. The highest BCUT2D eigenvalue weighted by Crippen LogP contribution is 2.26. The monoisotopic (exact) mass is 243 g/mol. The van der Waals surface area contributed by atoms with E-state index >= 15 is 0 Å². The summed E-state index contributed by atoms with van der Waals surface area (Å²) in [4.78, 5) is 25.1. The molecule has 0 bridgehead atoms. The molecule has 2 aliphatic rings. The van der Waals surface area contributed by atoms with Gasteiger partial charge in [0, 0.05) is 19.0 Å². The normalized spacial score (nSPS) is 24.0. The molecule has 1 fully saturated rings. The van der Waals surface area contributed by atoms with Gasteiger partial charge in [-0.05, 0) is 30.4 Å². The maximum atomic E-state index is 11.9. The first kappa shape index (κ1) is 11.5. The lowest BCUT2D eigenvalue weighted by atomic mass is 9.86. The molecule has 3 heteroatoms. The molecule has 1 amide bonds. The number of benzene rings is 1. The Morgan fingerprint density at radius 3 is 2.61 bits per heavy atom. The second-order valence-electron chi connectivity index (χ2n) is 5.22. The summed E-state index contributed by atoms with van der Waals surface area (Å²) < 4.78 is 0. The molecular weight excluding hydrogens is 226 g/mol. The zero-order valence-electron chi connectivity index (χ0n) is 10.4. The summed E-state index contributed by atoms with van der Waals surface area (Å²) in [6, 6.07) is 8.75. The van der Waals surface area contributed by atoms with E-state index in [1.807, 2.05) is 4.90 Å². The van der Waals surface area contributed by atoms with Gasteiger partial charge in [0.2, 0.25) is 5.91 Å². The topological polar surface area (TPSA) is 37.4 Å². The van der Waals surface area contributed by atoms with Gasteiger partial charge in [0.15, 0.2) is 0 Å². The van der Waals surface area contributed by atoms with Crippen LogP contribution in [0, 0.1) is 0 Å². The van der Waals surface area contributed by atoms with E-state index in [-0.39, 0.29) is 18.1 Å². The predicted octanol–water partition coefficient (Wildman–Crippen LogP) is 1.74. The molecule has 1 aromatic rings. The number of aryl methyl sites for hydroxylation is 1. The van der Waals surface area contributed by atoms with Crippen molar-refractivity contribution in [1.29, 1.82) is 0 Å². The number of rotatable bonds is 1. The third kappa shape index (κ3) is 2.05. The van der Waals surface area contributed by atoms with Crippen LogP contribution in [0.2, 0.25) is 0 Å². The maximum absolute atomic E-state index is 11.9. The van der Waals surface area contributed by atoms with Crippen molar-refractivity contribution in [3.63, 3.8) is 0 Å². The Labute approximate surface area is 107 Å². The number of carbonyl (C=O) groups excluding carboxylic acids is 2. The molecule has 1 aliphatic heterocycles. The highest BCUT2D eigenvalue weighted by Gasteiger charge is 2.31. The van der Waals surface area contributed by atoms with E-state index in [4.69, 9.17) is 0 Å². The number of hydrogen-bond donors (Lipinski definition) is 0. The van der Waals surface area contributed by atoms with E-state index < -0.39 is 0 Å². The first-order valence-corrected chi connectivity index (χ1v) is 6.62. The van der Waals surface area contributed by atoms with Gasteiger partial charge in [0.05, 0.1) is 6.42 Å². The molecule has 0 saturated carbocycles. The molecule has 94 valence electrons. The van der Waals surface area contributed by atoms with Crippen molar-refractivity contribution >= 4 is 11.7 Å². The van der Waals surface area contributed by atoms with Crippen LogP contribution in [0.1, 0.15) is 30.4 Å². The predicted molar refractivity (Wildman–Crippen MR) is 68.2 cm³/mol. The van der Waals surface area contributed by atoms with Crippen LogP contribution in [0.5, 0.6) is 0 Å². The third-order valence-corrected chi connectivity index (χ3v) is 4.06. The lowest BCUT2D eigenvalue weighted by Gasteiger charge is -2.37. The molecule has 1 atom stereocenters. The van der Waals surface area contributed by atoms with E-state index in [2.05, 4.69) is 24.3 Å². The molecule has 1 saturated heterocycles. The van der Waals surface area contributed by atoms with Crippen molar-refractivity contribution in [2.75, 3.05) is 6.54 Å². The largest absolute Gasteiger partial charge is 0.339 e. The van der Waals surface area contributed by atoms with E-state index in [0.717, 1.165) is 19.3 Å². The Hall–Kier alpha value is -1.64. The van der Waals surface area contributed by atoms with E-state index in [0.29, 0.717) is 19.0 Å². The van der Waals surface area contributed by atoms with Crippen molar-refractivity contribution < 1.29 is 9.59 Å². The highest BCUT2D eigenvalue weighted by atomic mass is 16.2. The van der Waals surface area contributed by atoms with Crippen LogP contribution < -0.4 is 0 Å². The standard InChI is InChI=1S/C15H17NO2/c17-14-7-8-16(15(18)10-14)13-6-5-11-3-1-2-4-12(11)9-13/h1-4,13H,5-10H2. The van der Waals surface area contributed by atoms with E-state index in [1.165, 1.54) is 11.1 Å². The lowest BCUT2D eigenvalue weighted by molar-refractivity contribution is -0.141. The van der Waals surface area contributed by atoms with Crippen molar-refractivity contribution in [2.45, 2.75) is 38.1 Å². The molecule has 1 aromatic carbocycles. The van der Waals surface area contributed by atoms with Crippen molar-refractivity contribution in [1.82, 2.24) is 4.90 Å². The smallest absolute Gasteiger partial charge is 0.230 e. The minimum absolute atomic E-state index is 0.0237. The number of amides is 1.